The number of halogens is 12. The largest absolute Gasteiger partial charge is 4.00 e. The van der Waals surface area contributed by atoms with Crippen LogP contribution in [0.3, 0.4) is 0 Å². The van der Waals surface area contributed by atoms with Gasteiger partial charge in [-0.15, -0.1) is 0 Å². The van der Waals surface area contributed by atoms with E-state index in [0.29, 0.717) is 25.7 Å². The molecule has 33 heavy (non-hydrogen) atoms. The molecule has 0 heterocycles. The first-order chi connectivity index (χ1) is 14.2. The monoisotopic (exact) mass is 590 g/mol. The molecule has 0 amide bonds. The first-order valence-electron chi connectivity index (χ1n) is 9.68. The smallest absolute Gasteiger partial charge is 0.343 e. The molecule has 0 aromatic heterocycles. The minimum absolute atomic E-state index is 0. The predicted octanol–water partition coefficient (Wildman–Crippen LogP) is 10.2. The van der Waals surface area contributed by atoms with Crippen LogP contribution in [-0.4, -0.2) is 24.7 Å². The third-order valence-corrected chi connectivity index (χ3v) is 2.84. The van der Waals surface area contributed by atoms with E-state index in [1.54, 1.807) is 0 Å². The van der Waals surface area contributed by atoms with Gasteiger partial charge in [0.2, 0.25) is 0 Å². The summed E-state index contributed by atoms with van der Waals surface area (Å²) >= 11 is 0. The quantitative estimate of drug-likeness (QED) is 0.195. The second-order valence-corrected chi connectivity index (χ2v) is 6.29. The average molecular weight is 592 g/mol. The van der Waals surface area contributed by atoms with Gasteiger partial charge in [0.15, 0.2) is 0 Å². The summed E-state index contributed by atoms with van der Waals surface area (Å²) in [6, 6.07) is 0. The summed E-state index contributed by atoms with van der Waals surface area (Å²) in [4.78, 5) is 0. The number of unbranched alkanes of at least 4 members (excludes halogenated alkanes) is 4. The number of hydrogen-bond acceptors (Lipinski definition) is 0. The molecule has 0 rings (SSSR count). The zero-order valence-electron chi connectivity index (χ0n) is 18.3. The third-order valence-electron chi connectivity index (χ3n) is 2.84. The molecule has 0 aliphatic carbocycles. The van der Waals surface area contributed by atoms with Crippen molar-refractivity contribution < 1.29 is 78.9 Å². The van der Waals surface area contributed by atoms with Crippen LogP contribution in [0.4, 0.5) is 52.7 Å². The van der Waals surface area contributed by atoms with Crippen molar-refractivity contribution in [2.24, 2.45) is 0 Å². The van der Waals surface area contributed by atoms with E-state index in [4.69, 9.17) is 0 Å². The molecule has 0 nitrogen and oxygen atoms in total. The fourth-order valence-corrected chi connectivity index (χ4v) is 1.30. The molecule has 0 bridgehead atoms. The molecule has 0 aliphatic rings. The van der Waals surface area contributed by atoms with E-state index in [9.17, 15) is 52.7 Å². The first kappa shape index (κ1) is 43.1. The zero-order valence-corrected chi connectivity index (χ0v) is 20.8. The van der Waals surface area contributed by atoms with Gasteiger partial charge < -0.3 is 27.7 Å². The number of alkyl halides is 12. The molecule has 0 aromatic rings. The van der Waals surface area contributed by atoms with Gasteiger partial charge in [-0.05, 0) is 0 Å². The minimum Gasteiger partial charge on any atom is -0.343 e. The molecule has 0 aliphatic heterocycles. The Kier molecular flexibility index (Phi) is 31.1. The summed E-state index contributed by atoms with van der Waals surface area (Å²) in [6.45, 7) is 13.2. The molecule has 0 saturated carbocycles. The molecule has 0 radical (unpaired) electrons. The average Bonchev–Trinajstić information content (AvgIpc) is 2.60. The van der Waals surface area contributed by atoms with Crippen LogP contribution in [0.25, 0.3) is 0 Å². The molecule has 0 aromatic carbocycles. The van der Waals surface area contributed by atoms with E-state index in [-0.39, 0.29) is 51.9 Å². The van der Waals surface area contributed by atoms with Crippen LogP contribution in [0.1, 0.15) is 77.0 Å². The molecule has 200 valence electrons. The molecule has 0 atom stereocenters. The molecular weight excluding hydrogens is 559 g/mol. The Morgan fingerprint density at radius 2 is 0.455 bits per heavy atom. The number of rotatable bonds is 8. The molecule has 0 spiro atoms. The zero-order chi connectivity index (χ0) is 26.5. The molecule has 0 N–H and O–H groups in total. The Hall–Kier alpha value is 0.0431. The van der Waals surface area contributed by atoms with E-state index in [2.05, 4.69) is 27.7 Å². The van der Waals surface area contributed by atoms with Crippen molar-refractivity contribution in [3.05, 3.63) is 27.7 Å². The van der Waals surface area contributed by atoms with Crippen LogP contribution in [0, 0.1) is 27.7 Å². The Morgan fingerprint density at radius 3 is 0.485 bits per heavy atom. The normalized spacial score (nSPS) is 11.6. The van der Waals surface area contributed by atoms with E-state index in [0.717, 1.165) is 0 Å². The summed E-state index contributed by atoms with van der Waals surface area (Å²) in [7, 11) is 0. The number of hydrogen-bond donors (Lipinski definition) is 0. The summed E-state index contributed by atoms with van der Waals surface area (Å²) < 4.78 is 135. The van der Waals surface area contributed by atoms with E-state index in [1.807, 2.05) is 0 Å². The van der Waals surface area contributed by atoms with Crippen LogP contribution in [0.5, 0.6) is 0 Å². The maximum absolute atomic E-state index is 11.2. The predicted molar refractivity (Wildman–Crippen MR) is 101 cm³/mol. The van der Waals surface area contributed by atoms with Gasteiger partial charge in [0.05, 0.1) is 0 Å². The first-order valence-corrected chi connectivity index (χ1v) is 9.68. The van der Waals surface area contributed by atoms with Crippen LogP contribution < -0.4 is 0 Å². The van der Waals surface area contributed by atoms with Crippen molar-refractivity contribution in [2.75, 3.05) is 0 Å². The summed E-state index contributed by atoms with van der Waals surface area (Å²) in [5.41, 5.74) is 0. The Balaban J connectivity index is -0.000000105. The van der Waals surface area contributed by atoms with E-state index in [1.165, 1.54) is 0 Å². The van der Waals surface area contributed by atoms with Gasteiger partial charge in [0, 0.05) is 25.7 Å². The standard InChI is InChI=1S/4C5H8F3.Zr/c4*1-2-3-4-5(6,7)8;/h4*1-4H2;/q4*-1;+4. The molecule has 0 unspecified atom stereocenters. The van der Waals surface area contributed by atoms with Crippen LogP contribution >= 0.6 is 0 Å². The van der Waals surface area contributed by atoms with Gasteiger partial charge in [0.1, 0.15) is 0 Å². The van der Waals surface area contributed by atoms with Gasteiger partial charge in [-0.1, -0.05) is 25.7 Å². The van der Waals surface area contributed by atoms with Gasteiger partial charge >= 0.3 is 50.9 Å². The van der Waals surface area contributed by atoms with Gasteiger partial charge in [0.25, 0.3) is 0 Å². The van der Waals surface area contributed by atoms with E-state index < -0.39 is 50.4 Å². The van der Waals surface area contributed by atoms with E-state index >= 15 is 0 Å². The summed E-state index contributed by atoms with van der Waals surface area (Å²) in [5.74, 6) is 0. The summed E-state index contributed by atoms with van der Waals surface area (Å²) in [5, 5.41) is 0. The summed E-state index contributed by atoms with van der Waals surface area (Å²) in [6.07, 6.45) is -16.7. The SMILES string of the molecule is [CH2-]CCCC(F)(F)F.[CH2-]CCCC(F)(F)F.[CH2-]CCCC(F)(F)F.[CH2-]CCCC(F)(F)F.[Zr+4]. The van der Waals surface area contributed by atoms with Crippen LogP contribution in [0.2, 0.25) is 0 Å². The Labute approximate surface area is 208 Å². The maximum atomic E-state index is 11.2. The van der Waals surface area contributed by atoms with Crippen molar-refractivity contribution in [2.45, 2.75) is 102 Å². The molecule has 13 heteroatoms. The van der Waals surface area contributed by atoms with Crippen molar-refractivity contribution in [3.8, 4) is 0 Å². The Morgan fingerprint density at radius 1 is 0.333 bits per heavy atom. The molecule has 0 fully saturated rings. The second kappa shape index (κ2) is 23.8. The van der Waals surface area contributed by atoms with Crippen LogP contribution in [0.15, 0.2) is 0 Å². The van der Waals surface area contributed by atoms with Crippen molar-refractivity contribution in [3.63, 3.8) is 0 Å². The topological polar surface area (TPSA) is 0 Å². The second-order valence-electron chi connectivity index (χ2n) is 6.29. The molecular formula is C20H32F12Zr. The third kappa shape index (κ3) is 72.0. The maximum Gasteiger partial charge on any atom is 4.00 e. The van der Waals surface area contributed by atoms with Gasteiger partial charge in [-0.25, -0.2) is 0 Å². The minimum atomic E-state index is -3.99. The van der Waals surface area contributed by atoms with Crippen molar-refractivity contribution in [1.82, 2.24) is 0 Å². The van der Waals surface area contributed by atoms with Crippen LogP contribution in [-0.2, 0) is 26.2 Å². The fraction of sp³-hybridized carbons (Fsp3) is 0.800. The van der Waals surface area contributed by atoms with Crippen molar-refractivity contribution >= 4 is 0 Å². The Bertz CT molecular complexity index is 299. The van der Waals surface area contributed by atoms with Crippen molar-refractivity contribution in [1.29, 1.82) is 0 Å². The van der Waals surface area contributed by atoms with Gasteiger partial charge in [-0.2, -0.15) is 78.4 Å². The van der Waals surface area contributed by atoms with Gasteiger partial charge in [-0.3, -0.25) is 0 Å². The fourth-order valence-electron chi connectivity index (χ4n) is 1.30. The molecule has 0 saturated heterocycles.